The van der Waals surface area contributed by atoms with Crippen molar-refractivity contribution in [1.82, 2.24) is 0 Å². The molecule has 0 aromatic heterocycles. The first kappa shape index (κ1) is 32.0. The van der Waals surface area contributed by atoms with Crippen molar-refractivity contribution < 1.29 is 0 Å². The van der Waals surface area contributed by atoms with Crippen molar-refractivity contribution in [2.75, 3.05) is 5.32 Å². The van der Waals surface area contributed by atoms with Gasteiger partial charge in [-0.25, -0.2) is 4.99 Å². The molecule has 0 heterocycles. The molecule has 4 aromatic rings. The number of aliphatic imine (C=N–C) groups is 1. The van der Waals surface area contributed by atoms with E-state index in [1.165, 1.54) is 27.9 Å². The van der Waals surface area contributed by atoms with Gasteiger partial charge in [-0.3, -0.25) is 0 Å². The molecule has 1 aliphatic rings. The maximum absolute atomic E-state index is 5.62. The molecule has 2 heteroatoms. The molecule has 1 aliphatic carbocycles. The standard InChI is InChI=1S/C43H48N2/c1-28(2)34-22-15-23-35(29(3)4)42(34)44-40(32-18-11-9-12-19-32)38-26-17-27-39(38)41(33-20-13-10-14-21-33)45-43-36(30(5)6)24-16-25-37(43)31(7)8/h9-31,44H,1-8H3/b40-38-,45-41?. The lowest BCUT2D eigenvalue weighted by molar-refractivity contribution is 0.834. The van der Waals surface area contributed by atoms with E-state index < -0.39 is 0 Å². The lowest BCUT2D eigenvalue weighted by atomic mass is 9.90. The van der Waals surface area contributed by atoms with E-state index in [0.29, 0.717) is 23.7 Å². The van der Waals surface area contributed by atoms with Crippen LogP contribution in [-0.4, -0.2) is 5.71 Å². The van der Waals surface area contributed by atoms with Gasteiger partial charge in [0.15, 0.2) is 0 Å². The van der Waals surface area contributed by atoms with Gasteiger partial charge in [0.2, 0.25) is 0 Å². The van der Waals surface area contributed by atoms with Crippen LogP contribution in [0, 0.1) is 0 Å². The predicted octanol–water partition coefficient (Wildman–Crippen LogP) is 12.3. The Balaban J connectivity index is 1.79. The Labute approximate surface area is 271 Å². The van der Waals surface area contributed by atoms with Gasteiger partial charge >= 0.3 is 0 Å². The van der Waals surface area contributed by atoms with Gasteiger partial charge in [-0.15, -0.1) is 0 Å². The third kappa shape index (κ3) is 6.96. The maximum Gasteiger partial charge on any atom is 0.0788 e. The van der Waals surface area contributed by atoms with Crippen LogP contribution in [0.3, 0.4) is 0 Å². The largest absolute Gasteiger partial charge is 0.354 e. The highest BCUT2D eigenvalue weighted by Crippen LogP contribution is 2.40. The minimum Gasteiger partial charge on any atom is -0.354 e. The molecule has 4 aromatic carbocycles. The Morgan fingerprint density at radius 2 is 1.00 bits per heavy atom. The number of nitrogens with zero attached hydrogens (tertiary/aromatic N) is 1. The maximum atomic E-state index is 5.62. The molecule has 0 atom stereocenters. The van der Waals surface area contributed by atoms with Crippen LogP contribution in [0.15, 0.2) is 131 Å². The average molecular weight is 593 g/mol. The summed E-state index contributed by atoms with van der Waals surface area (Å²) in [5.74, 6) is 1.47. The second-order valence-corrected chi connectivity index (χ2v) is 13.3. The summed E-state index contributed by atoms with van der Waals surface area (Å²) in [6.07, 6.45) is 6.65. The SMILES string of the molecule is CC(C)c1cccc(C(C)C)c1N=C(C1=CC=C/C1=C(/Nc1c(C(C)C)cccc1C(C)C)c1ccccc1)c1ccccc1. The fourth-order valence-corrected chi connectivity index (χ4v) is 6.19. The Morgan fingerprint density at radius 1 is 0.533 bits per heavy atom. The monoisotopic (exact) mass is 592 g/mol. The summed E-state index contributed by atoms with van der Waals surface area (Å²) < 4.78 is 0. The number of hydrogen-bond donors (Lipinski definition) is 1. The number of rotatable bonds is 10. The predicted molar refractivity (Wildman–Crippen MR) is 196 cm³/mol. The molecule has 0 bridgehead atoms. The number of anilines is 1. The molecule has 5 rings (SSSR count). The molecule has 0 unspecified atom stereocenters. The summed E-state index contributed by atoms with van der Waals surface area (Å²) in [5, 5.41) is 4.03. The lowest BCUT2D eigenvalue weighted by Gasteiger charge is -2.25. The van der Waals surface area contributed by atoms with Gasteiger partial charge in [-0.2, -0.15) is 0 Å². The van der Waals surface area contributed by atoms with Crippen LogP contribution < -0.4 is 5.32 Å². The molecule has 0 aliphatic heterocycles. The quantitative estimate of drug-likeness (QED) is 0.182. The molecular weight excluding hydrogens is 544 g/mol. The van der Waals surface area contributed by atoms with E-state index in [2.05, 4.69) is 176 Å². The third-order valence-corrected chi connectivity index (χ3v) is 8.64. The van der Waals surface area contributed by atoms with Gasteiger partial charge in [-0.05, 0) is 51.5 Å². The number of benzene rings is 4. The Bertz CT molecular complexity index is 1690. The van der Waals surface area contributed by atoms with E-state index in [1.54, 1.807) is 0 Å². The first-order chi connectivity index (χ1) is 21.7. The summed E-state index contributed by atoms with van der Waals surface area (Å²) >= 11 is 0. The van der Waals surface area contributed by atoms with Crippen molar-refractivity contribution in [3.05, 3.63) is 160 Å². The zero-order chi connectivity index (χ0) is 32.1. The highest BCUT2D eigenvalue weighted by Gasteiger charge is 2.24. The van der Waals surface area contributed by atoms with Crippen LogP contribution in [0.1, 0.15) is 112 Å². The fourth-order valence-electron chi connectivity index (χ4n) is 6.19. The van der Waals surface area contributed by atoms with Crippen molar-refractivity contribution in [3.8, 4) is 0 Å². The van der Waals surface area contributed by atoms with Gasteiger partial charge in [-0.1, -0.05) is 171 Å². The topological polar surface area (TPSA) is 24.4 Å². The summed E-state index contributed by atoms with van der Waals surface area (Å²) in [7, 11) is 0. The van der Waals surface area contributed by atoms with E-state index in [4.69, 9.17) is 4.99 Å². The van der Waals surface area contributed by atoms with E-state index in [-0.39, 0.29) is 0 Å². The molecule has 0 saturated carbocycles. The van der Waals surface area contributed by atoms with Crippen molar-refractivity contribution >= 4 is 22.8 Å². The van der Waals surface area contributed by atoms with Gasteiger partial charge < -0.3 is 5.32 Å². The van der Waals surface area contributed by atoms with Crippen LogP contribution in [-0.2, 0) is 0 Å². The Hall–Kier alpha value is -4.43. The number of allylic oxidation sites excluding steroid dienone is 5. The minimum atomic E-state index is 0.355. The van der Waals surface area contributed by atoms with Crippen molar-refractivity contribution in [1.29, 1.82) is 0 Å². The molecular formula is C43H48N2. The fraction of sp³-hybridized carbons (Fsp3) is 0.279. The van der Waals surface area contributed by atoms with Crippen molar-refractivity contribution in [2.24, 2.45) is 4.99 Å². The normalized spacial score (nSPS) is 14.6. The molecule has 45 heavy (non-hydrogen) atoms. The van der Waals surface area contributed by atoms with Gasteiger partial charge in [0.1, 0.15) is 0 Å². The molecule has 0 radical (unpaired) electrons. The zero-order valence-electron chi connectivity index (χ0n) is 28.2. The first-order valence-corrected chi connectivity index (χ1v) is 16.5. The average Bonchev–Trinajstić information content (AvgIpc) is 3.52. The van der Waals surface area contributed by atoms with Crippen LogP contribution in [0.2, 0.25) is 0 Å². The zero-order valence-corrected chi connectivity index (χ0v) is 28.2. The van der Waals surface area contributed by atoms with E-state index in [0.717, 1.165) is 39.4 Å². The highest BCUT2D eigenvalue weighted by atomic mass is 14.9. The van der Waals surface area contributed by atoms with Crippen molar-refractivity contribution in [2.45, 2.75) is 79.1 Å². The number of para-hydroxylation sites is 2. The third-order valence-electron chi connectivity index (χ3n) is 8.64. The lowest BCUT2D eigenvalue weighted by Crippen LogP contribution is -2.12. The second-order valence-electron chi connectivity index (χ2n) is 13.3. The molecule has 0 fully saturated rings. The van der Waals surface area contributed by atoms with Gasteiger partial charge in [0.25, 0.3) is 0 Å². The Kier molecular flexibility index (Phi) is 10.0. The summed E-state index contributed by atoms with van der Waals surface area (Å²) in [5.41, 5.74) is 14.1. The molecule has 1 N–H and O–H groups in total. The Morgan fingerprint density at radius 3 is 1.49 bits per heavy atom. The van der Waals surface area contributed by atoms with Crippen LogP contribution >= 0.6 is 0 Å². The van der Waals surface area contributed by atoms with E-state index in [9.17, 15) is 0 Å². The van der Waals surface area contributed by atoms with Crippen LogP contribution in [0.5, 0.6) is 0 Å². The number of hydrogen-bond acceptors (Lipinski definition) is 2. The van der Waals surface area contributed by atoms with Crippen molar-refractivity contribution in [3.63, 3.8) is 0 Å². The molecule has 0 amide bonds. The van der Waals surface area contributed by atoms with Crippen LogP contribution in [0.25, 0.3) is 5.70 Å². The highest BCUT2D eigenvalue weighted by molar-refractivity contribution is 6.19. The van der Waals surface area contributed by atoms with E-state index in [1.807, 2.05) is 0 Å². The minimum absolute atomic E-state index is 0.355. The van der Waals surface area contributed by atoms with Gasteiger partial charge in [0, 0.05) is 22.4 Å². The summed E-state index contributed by atoms with van der Waals surface area (Å²) in [6.45, 7) is 18.2. The second kappa shape index (κ2) is 14.1. The molecule has 230 valence electrons. The molecule has 0 spiro atoms. The summed E-state index contributed by atoms with van der Waals surface area (Å²) in [4.78, 5) is 5.62. The molecule has 0 saturated heterocycles. The molecule has 2 nitrogen and oxygen atoms in total. The summed E-state index contributed by atoms with van der Waals surface area (Å²) in [6, 6.07) is 34.8. The smallest absolute Gasteiger partial charge is 0.0788 e. The first-order valence-electron chi connectivity index (χ1n) is 16.5. The van der Waals surface area contributed by atoms with E-state index >= 15 is 0 Å². The number of nitrogens with one attached hydrogen (secondary N) is 1. The van der Waals surface area contributed by atoms with Crippen LogP contribution in [0.4, 0.5) is 11.4 Å². The van der Waals surface area contributed by atoms with Gasteiger partial charge in [0.05, 0.1) is 17.1 Å².